The average molecular weight is 146 g/mol. The molecule has 3 heteroatoms. The van der Waals surface area contributed by atoms with Crippen LogP contribution in [0.4, 0.5) is 4.39 Å². The predicted octanol–water partition coefficient (Wildman–Crippen LogP) is 1.60. The standard InChI is InChI=1S/C7H11FO2/c8-6-4-2-1-3-5(6)7(9)10/h5-6H,1-4H2,(H,9,10)/t5-,6-/m1/s1. The molecule has 0 radical (unpaired) electrons. The van der Waals surface area contributed by atoms with E-state index in [9.17, 15) is 9.18 Å². The Morgan fingerprint density at radius 2 is 2.00 bits per heavy atom. The van der Waals surface area contributed by atoms with Crippen LogP contribution in [0.2, 0.25) is 0 Å². The average Bonchev–Trinajstić information content (AvgIpc) is 1.88. The molecule has 2 nitrogen and oxygen atoms in total. The van der Waals surface area contributed by atoms with Gasteiger partial charge in [0.2, 0.25) is 0 Å². The highest BCUT2D eigenvalue weighted by Crippen LogP contribution is 2.26. The molecule has 1 aliphatic carbocycles. The van der Waals surface area contributed by atoms with Crippen molar-refractivity contribution < 1.29 is 14.3 Å². The second kappa shape index (κ2) is 2.99. The van der Waals surface area contributed by atoms with Crippen LogP contribution in [0.1, 0.15) is 25.7 Å². The molecule has 2 atom stereocenters. The summed E-state index contributed by atoms with van der Waals surface area (Å²) in [5, 5.41) is 8.47. The molecular weight excluding hydrogens is 135 g/mol. The fraction of sp³-hybridized carbons (Fsp3) is 0.857. The number of hydrogen-bond acceptors (Lipinski definition) is 1. The molecule has 0 aromatic heterocycles. The first-order valence-corrected chi connectivity index (χ1v) is 3.58. The molecule has 0 amide bonds. The van der Waals surface area contributed by atoms with Gasteiger partial charge >= 0.3 is 5.97 Å². The summed E-state index contributed by atoms with van der Waals surface area (Å²) in [6.07, 6.45) is 1.53. The quantitative estimate of drug-likeness (QED) is 0.610. The molecule has 0 aromatic carbocycles. The number of carbonyl (C=O) groups is 1. The van der Waals surface area contributed by atoms with Gasteiger partial charge < -0.3 is 5.11 Å². The lowest BCUT2D eigenvalue weighted by Gasteiger charge is -2.21. The monoisotopic (exact) mass is 146 g/mol. The van der Waals surface area contributed by atoms with E-state index in [0.717, 1.165) is 12.8 Å². The molecule has 0 saturated heterocycles. The van der Waals surface area contributed by atoms with Crippen LogP contribution in [0.15, 0.2) is 0 Å². The lowest BCUT2D eigenvalue weighted by Crippen LogP contribution is -2.27. The first kappa shape index (κ1) is 7.51. The van der Waals surface area contributed by atoms with Crippen LogP contribution in [0.3, 0.4) is 0 Å². The van der Waals surface area contributed by atoms with E-state index < -0.39 is 18.1 Å². The molecule has 1 N–H and O–H groups in total. The zero-order chi connectivity index (χ0) is 7.56. The summed E-state index contributed by atoms with van der Waals surface area (Å²) in [6, 6.07) is 0. The van der Waals surface area contributed by atoms with Gasteiger partial charge in [-0.25, -0.2) is 4.39 Å². The van der Waals surface area contributed by atoms with Gasteiger partial charge in [0.05, 0.1) is 5.92 Å². The number of hydrogen-bond donors (Lipinski definition) is 1. The third-order valence-electron chi connectivity index (χ3n) is 2.00. The Morgan fingerprint density at radius 1 is 1.40 bits per heavy atom. The summed E-state index contributed by atoms with van der Waals surface area (Å²) < 4.78 is 12.7. The first-order valence-electron chi connectivity index (χ1n) is 3.58. The van der Waals surface area contributed by atoms with Gasteiger partial charge in [0.1, 0.15) is 6.17 Å². The Kier molecular flexibility index (Phi) is 2.25. The van der Waals surface area contributed by atoms with Gasteiger partial charge in [-0.1, -0.05) is 12.8 Å². The van der Waals surface area contributed by atoms with Crippen LogP contribution in [0.25, 0.3) is 0 Å². The Labute approximate surface area is 59.0 Å². The van der Waals surface area contributed by atoms with Crippen molar-refractivity contribution in [2.45, 2.75) is 31.9 Å². The summed E-state index contributed by atoms with van der Waals surface area (Å²) in [5.74, 6) is -1.71. The van der Waals surface area contributed by atoms with Crippen molar-refractivity contribution in [1.29, 1.82) is 0 Å². The van der Waals surface area contributed by atoms with Crippen molar-refractivity contribution in [3.05, 3.63) is 0 Å². The summed E-state index contributed by atoms with van der Waals surface area (Å²) in [5.41, 5.74) is 0. The number of halogens is 1. The van der Waals surface area contributed by atoms with E-state index in [2.05, 4.69) is 0 Å². The maximum atomic E-state index is 12.7. The Balaban J connectivity index is 2.47. The molecule has 0 heterocycles. The van der Waals surface area contributed by atoms with Crippen LogP contribution in [-0.4, -0.2) is 17.2 Å². The van der Waals surface area contributed by atoms with Crippen molar-refractivity contribution in [3.63, 3.8) is 0 Å². The van der Waals surface area contributed by atoms with E-state index in [1.807, 2.05) is 0 Å². The minimum atomic E-state index is -1.11. The van der Waals surface area contributed by atoms with Crippen molar-refractivity contribution >= 4 is 5.97 Å². The molecule has 10 heavy (non-hydrogen) atoms. The second-order valence-corrected chi connectivity index (χ2v) is 2.75. The van der Waals surface area contributed by atoms with Gasteiger partial charge in [0, 0.05) is 0 Å². The lowest BCUT2D eigenvalue weighted by atomic mass is 9.88. The van der Waals surface area contributed by atoms with Gasteiger partial charge in [-0.05, 0) is 12.8 Å². The van der Waals surface area contributed by atoms with Crippen molar-refractivity contribution in [2.75, 3.05) is 0 Å². The summed E-state index contributed by atoms with van der Waals surface area (Å²) >= 11 is 0. The van der Waals surface area contributed by atoms with E-state index in [4.69, 9.17) is 5.11 Å². The van der Waals surface area contributed by atoms with Crippen LogP contribution < -0.4 is 0 Å². The number of carboxylic acids is 1. The number of aliphatic carboxylic acids is 1. The topological polar surface area (TPSA) is 37.3 Å². The van der Waals surface area contributed by atoms with Gasteiger partial charge in [-0.3, -0.25) is 4.79 Å². The largest absolute Gasteiger partial charge is 0.481 e. The number of carboxylic acid groups (broad SMARTS) is 1. The fourth-order valence-corrected chi connectivity index (χ4v) is 1.36. The molecule has 1 aliphatic rings. The van der Waals surface area contributed by atoms with E-state index in [1.54, 1.807) is 0 Å². The zero-order valence-electron chi connectivity index (χ0n) is 5.72. The maximum absolute atomic E-state index is 12.7. The highest BCUT2D eigenvalue weighted by atomic mass is 19.1. The summed E-state index contributed by atoms with van der Waals surface area (Å²) in [4.78, 5) is 10.3. The van der Waals surface area contributed by atoms with Gasteiger partial charge in [0.25, 0.3) is 0 Å². The Hall–Kier alpha value is -0.600. The van der Waals surface area contributed by atoms with E-state index in [-0.39, 0.29) is 0 Å². The molecular formula is C7H11FO2. The minimum Gasteiger partial charge on any atom is -0.481 e. The van der Waals surface area contributed by atoms with E-state index in [0.29, 0.717) is 12.8 Å². The summed E-state index contributed by atoms with van der Waals surface area (Å²) in [7, 11) is 0. The van der Waals surface area contributed by atoms with Gasteiger partial charge in [0.15, 0.2) is 0 Å². The van der Waals surface area contributed by atoms with Crippen LogP contribution in [-0.2, 0) is 4.79 Å². The highest BCUT2D eigenvalue weighted by Gasteiger charge is 2.30. The SMILES string of the molecule is O=C(O)[C@@H]1CCCC[C@H]1F. The smallest absolute Gasteiger partial charge is 0.309 e. The molecule has 1 saturated carbocycles. The van der Waals surface area contributed by atoms with Gasteiger partial charge in [-0.15, -0.1) is 0 Å². The van der Waals surface area contributed by atoms with Crippen LogP contribution >= 0.6 is 0 Å². The highest BCUT2D eigenvalue weighted by molar-refractivity contribution is 5.70. The second-order valence-electron chi connectivity index (χ2n) is 2.75. The molecule has 0 unspecified atom stereocenters. The lowest BCUT2D eigenvalue weighted by molar-refractivity contribution is -0.145. The van der Waals surface area contributed by atoms with Crippen molar-refractivity contribution in [3.8, 4) is 0 Å². The normalized spacial score (nSPS) is 33.7. The molecule has 1 fully saturated rings. The predicted molar refractivity (Wildman–Crippen MR) is 34.5 cm³/mol. The zero-order valence-corrected chi connectivity index (χ0v) is 5.72. The van der Waals surface area contributed by atoms with Crippen LogP contribution in [0, 0.1) is 5.92 Å². The number of rotatable bonds is 1. The minimum absolute atomic E-state index is 0.428. The fourth-order valence-electron chi connectivity index (χ4n) is 1.36. The van der Waals surface area contributed by atoms with E-state index in [1.165, 1.54) is 0 Å². The van der Waals surface area contributed by atoms with Crippen molar-refractivity contribution in [1.82, 2.24) is 0 Å². The molecule has 0 aromatic rings. The molecule has 58 valence electrons. The van der Waals surface area contributed by atoms with E-state index >= 15 is 0 Å². The van der Waals surface area contributed by atoms with Crippen LogP contribution in [0.5, 0.6) is 0 Å². The van der Waals surface area contributed by atoms with Gasteiger partial charge in [-0.2, -0.15) is 0 Å². The third kappa shape index (κ3) is 1.46. The van der Waals surface area contributed by atoms with Crippen molar-refractivity contribution in [2.24, 2.45) is 5.92 Å². The molecule has 0 bridgehead atoms. The summed E-state index contributed by atoms with van der Waals surface area (Å²) in [6.45, 7) is 0. The Bertz CT molecular complexity index is 136. The molecule has 0 aliphatic heterocycles. The molecule has 1 rings (SSSR count). The maximum Gasteiger partial charge on any atom is 0.309 e. The number of alkyl halides is 1. The molecule has 0 spiro atoms. The first-order chi connectivity index (χ1) is 4.72. The third-order valence-corrected chi connectivity index (χ3v) is 2.00. The Morgan fingerprint density at radius 3 is 2.40 bits per heavy atom.